The van der Waals surface area contributed by atoms with Gasteiger partial charge in [-0.25, -0.2) is 0 Å². The van der Waals surface area contributed by atoms with Gasteiger partial charge in [0.05, 0.1) is 20.5 Å². The molecule has 1 atom stereocenters. The van der Waals surface area contributed by atoms with Gasteiger partial charge in [-0.1, -0.05) is 18.5 Å². The average molecular weight is 501 g/mol. The van der Waals surface area contributed by atoms with Gasteiger partial charge in [0, 0.05) is 10.6 Å². The maximum atomic E-state index is 6.24. The lowest BCUT2D eigenvalue weighted by molar-refractivity contribution is 0.401. The summed E-state index contributed by atoms with van der Waals surface area (Å²) in [7, 11) is 1.69. The molecule has 0 amide bonds. The number of halogens is 3. The number of thiophene rings is 1. The van der Waals surface area contributed by atoms with Crippen LogP contribution in [0.3, 0.4) is 0 Å². The molecule has 0 aliphatic heterocycles. The van der Waals surface area contributed by atoms with Gasteiger partial charge in [0.2, 0.25) is 0 Å². The van der Waals surface area contributed by atoms with E-state index in [-0.39, 0.29) is 6.04 Å². The highest BCUT2D eigenvalue weighted by atomic mass is 127. The minimum absolute atomic E-state index is 0.0784. The van der Waals surface area contributed by atoms with Crippen LogP contribution in [0.1, 0.15) is 30.5 Å². The van der Waals surface area contributed by atoms with Crippen LogP contribution in [0.2, 0.25) is 5.02 Å². The van der Waals surface area contributed by atoms with Gasteiger partial charge < -0.3 is 10.1 Å². The predicted molar refractivity (Wildman–Crippen MR) is 103 cm³/mol. The van der Waals surface area contributed by atoms with E-state index in [0.717, 1.165) is 28.8 Å². The Bertz CT molecular complexity index is 620. The second-order valence-corrected chi connectivity index (χ2v) is 8.68. The van der Waals surface area contributed by atoms with E-state index in [9.17, 15) is 0 Å². The Morgan fingerprint density at radius 2 is 2.19 bits per heavy atom. The molecule has 0 saturated carbocycles. The topological polar surface area (TPSA) is 21.3 Å². The normalized spacial score (nSPS) is 12.4. The van der Waals surface area contributed by atoms with Crippen molar-refractivity contribution in [3.8, 4) is 5.75 Å². The summed E-state index contributed by atoms with van der Waals surface area (Å²) in [6, 6.07) is 6.11. The number of rotatable bonds is 6. The molecule has 21 heavy (non-hydrogen) atoms. The van der Waals surface area contributed by atoms with Crippen molar-refractivity contribution in [3.63, 3.8) is 0 Å². The van der Waals surface area contributed by atoms with Crippen LogP contribution < -0.4 is 10.1 Å². The minimum atomic E-state index is 0.0784. The predicted octanol–water partition coefficient (Wildman–Crippen LogP) is 5.87. The van der Waals surface area contributed by atoms with Crippen molar-refractivity contribution < 1.29 is 4.74 Å². The SMILES string of the molecule is CCCNC(c1csc(I)c1)c1cc(Cl)cc(Br)c1OC. The highest BCUT2D eigenvalue weighted by Crippen LogP contribution is 2.39. The summed E-state index contributed by atoms with van der Waals surface area (Å²) >= 11 is 13.9. The van der Waals surface area contributed by atoms with E-state index in [0.29, 0.717) is 5.02 Å². The molecule has 0 aliphatic rings. The van der Waals surface area contributed by atoms with Gasteiger partial charge in [-0.3, -0.25) is 0 Å². The highest BCUT2D eigenvalue weighted by molar-refractivity contribution is 14.1. The Morgan fingerprint density at radius 1 is 1.43 bits per heavy atom. The lowest BCUT2D eigenvalue weighted by atomic mass is 10.00. The third-order valence-corrected chi connectivity index (χ3v) is 5.69. The zero-order valence-corrected chi connectivity index (χ0v) is 17.1. The first-order chi connectivity index (χ1) is 10.1. The first kappa shape index (κ1) is 17.5. The standard InChI is InChI=1S/C15H16BrClINOS/c1-3-4-19-14(9-5-13(18)21-8-9)11-6-10(17)7-12(16)15(11)20-2/h5-8,14,19H,3-4H2,1-2H3. The van der Waals surface area contributed by atoms with E-state index in [1.807, 2.05) is 12.1 Å². The Morgan fingerprint density at radius 3 is 2.76 bits per heavy atom. The molecule has 6 heteroatoms. The molecule has 2 aromatic rings. The van der Waals surface area contributed by atoms with Crippen LogP contribution in [-0.2, 0) is 0 Å². The van der Waals surface area contributed by atoms with Gasteiger partial charge in [-0.15, -0.1) is 11.3 Å². The maximum absolute atomic E-state index is 6.24. The Labute approximate surface area is 156 Å². The van der Waals surface area contributed by atoms with Crippen LogP contribution in [0, 0.1) is 2.88 Å². The molecular weight excluding hydrogens is 484 g/mol. The summed E-state index contributed by atoms with van der Waals surface area (Å²) in [4.78, 5) is 0. The first-order valence-electron chi connectivity index (χ1n) is 6.57. The fourth-order valence-electron chi connectivity index (χ4n) is 2.18. The smallest absolute Gasteiger partial charge is 0.138 e. The number of hydrogen-bond donors (Lipinski definition) is 1. The molecule has 0 saturated heterocycles. The Kier molecular flexibility index (Phi) is 6.80. The zero-order valence-electron chi connectivity index (χ0n) is 11.8. The lowest BCUT2D eigenvalue weighted by Gasteiger charge is -2.22. The molecule has 0 radical (unpaired) electrons. The molecule has 114 valence electrons. The van der Waals surface area contributed by atoms with Crippen LogP contribution >= 0.6 is 61.5 Å². The summed E-state index contributed by atoms with van der Waals surface area (Å²) in [5.74, 6) is 0.828. The molecule has 1 unspecified atom stereocenters. The van der Waals surface area contributed by atoms with Gasteiger partial charge in [0.1, 0.15) is 5.75 Å². The van der Waals surface area contributed by atoms with Gasteiger partial charge in [0.15, 0.2) is 0 Å². The molecular formula is C15H16BrClINOS. The summed E-state index contributed by atoms with van der Waals surface area (Å²) in [6.07, 6.45) is 1.07. The number of benzene rings is 1. The largest absolute Gasteiger partial charge is 0.495 e. The molecule has 1 N–H and O–H groups in total. The third kappa shape index (κ3) is 4.34. The third-order valence-electron chi connectivity index (χ3n) is 3.07. The van der Waals surface area contributed by atoms with Crippen molar-refractivity contribution in [2.75, 3.05) is 13.7 Å². The molecule has 0 bridgehead atoms. The Hall–Kier alpha value is 0.180. The second-order valence-electron chi connectivity index (χ2n) is 4.58. The van der Waals surface area contributed by atoms with Crippen LogP contribution in [0.5, 0.6) is 5.75 Å². The van der Waals surface area contributed by atoms with Crippen molar-refractivity contribution in [2.24, 2.45) is 0 Å². The molecule has 2 nitrogen and oxygen atoms in total. The number of methoxy groups -OCH3 is 1. The van der Waals surface area contributed by atoms with Crippen LogP contribution in [-0.4, -0.2) is 13.7 Å². The highest BCUT2D eigenvalue weighted by Gasteiger charge is 2.21. The van der Waals surface area contributed by atoms with Gasteiger partial charge >= 0.3 is 0 Å². The molecule has 1 aromatic heterocycles. The van der Waals surface area contributed by atoms with Crippen molar-refractivity contribution >= 4 is 61.5 Å². The van der Waals surface area contributed by atoms with Crippen LogP contribution in [0.25, 0.3) is 0 Å². The lowest BCUT2D eigenvalue weighted by Crippen LogP contribution is -2.23. The summed E-state index contributed by atoms with van der Waals surface area (Å²) in [6.45, 7) is 3.09. The second kappa shape index (κ2) is 8.15. The summed E-state index contributed by atoms with van der Waals surface area (Å²) in [5.41, 5.74) is 2.30. The van der Waals surface area contributed by atoms with Crippen molar-refractivity contribution in [2.45, 2.75) is 19.4 Å². The summed E-state index contributed by atoms with van der Waals surface area (Å²) in [5, 5.41) is 6.47. The Balaban J connectivity index is 2.50. The molecule has 0 spiro atoms. The zero-order chi connectivity index (χ0) is 15.4. The number of nitrogens with one attached hydrogen (secondary N) is 1. The summed E-state index contributed by atoms with van der Waals surface area (Å²) < 4.78 is 7.72. The monoisotopic (exact) mass is 499 g/mol. The fraction of sp³-hybridized carbons (Fsp3) is 0.333. The first-order valence-corrected chi connectivity index (χ1v) is 9.70. The van der Waals surface area contributed by atoms with E-state index < -0.39 is 0 Å². The number of ether oxygens (including phenoxy) is 1. The van der Waals surface area contributed by atoms with E-state index in [1.165, 1.54) is 8.45 Å². The van der Waals surface area contributed by atoms with E-state index in [1.54, 1.807) is 18.4 Å². The van der Waals surface area contributed by atoms with Gasteiger partial charge in [-0.05, 0) is 80.6 Å². The molecule has 1 heterocycles. The fourth-order valence-corrected chi connectivity index (χ4v) is 4.57. The maximum Gasteiger partial charge on any atom is 0.138 e. The van der Waals surface area contributed by atoms with Crippen LogP contribution in [0.4, 0.5) is 0 Å². The molecule has 2 rings (SSSR count). The average Bonchev–Trinajstić information content (AvgIpc) is 2.85. The van der Waals surface area contributed by atoms with Gasteiger partial charge in [0.25, 0.3) is 0 Å². The molecule has 0 fully saturated rings. The van der Waals surface area contributed by atoms with Gasteiger partial charge in [-0.2, -0.15) is 0 Å². The van der Waals surface area contributed by atoms with E-state index >= 15 is 0 Å². The van der Waals surface area contributed by atoms with E-state index in [4.69, 9.17) is 16.3 Å². The quantitative estimate of drug-likeness (QED) is 0.501. The van der Waals surface area contributed by atoms with Crippen molar-refractivity contribution in [3.05, 3.63) is 47.1 Å². The number of hydrogen-bond acceptors (Lipinski definition) is 3. The molecule has 0 aliphatic carbocycles. The van der Waals surface area contributed by atoms with Crippen LogP contribution in [0.15, 0.2) is 28.1 Å². The van der Waals surface area contributed by atoms with E-state index in [2.05, 4.69) is 62.2 Å². The minimum Gasteiger partial charge on any atom is -0.495 e. The molecule has 1 aromatic carbocycles. The van der Waals surface area contributed by atoms with Crippen molar-refractivity contribution in [1.29, 1.82) is 0 Å². The van der Waals surface area contributed by atoms with Crippen molar-refractivity contribution in [1.82, 2.24) is 5.32 Å².